The third-order valence-electron chi connectivity index (χ3n) is 2.25. The molecule has 1 aromatic heterocycles. The summed E-state index contributed by atoms with van der Waals surface area (Å²) in [4.78, 5) is 11.1. The second kappa shape index (κ2) is 4.13. The molecule has 4 nitrogen and oxygen atoms in total. The normalized spacial score (nSPS) is 12.9. The molecule has 1 rings (SSSR count). The molecule has 1 amide bonds. The zero-order valence-electron chi connectivity index (χ0n) is 8.54. The van der Waals surface area contributed by atoms with Gasteiger partial charge in [-0.2, -0.15) is 5.10 Å². The Bertz CT molecular complexity index is 359. The van der Waals surface area contributed by atoms with Crippen LogP contribution in [0.15, 0.2) is 4.47 Å². The molecule has 0 aliphatic carbocycles. The van der Waals surface area contributed by atoms with Gasteiger partial charge in [0.15, 0.2) is 0 Å². The number of hydrogen-bond donors (Lipinski definition) is 1. The zero-order chi connectivity index (χ0) is 10.9. The highest BCUT2D eigenvalue weighted by atomic mass is 79.9. The number of hydrogen-bond acceptors (Lipinski definition) is 2. The van der Waals surface area contributed by atoms with Crippen LogP contribution in [0.4, 0.5) is 0 Å². The average Bonchev–Trinajstić information content (AvgIpc) is 2.35. The fourth-order valence-electron chi connectivity index (χ4n) is 1.44. The van der Waals surface area contributed by atoms with E-state index in [4.69, 9.17) is 5.73 Å². The number of nitrogens with two attached hydrogens (primary N) is 1. The van der Waals surface area contributed by atoms with Gasteiger partial charge in [-0.15, -0.1) is 0 Å². The van der Waals surface area contributed by atoms with Crippen LogP contribution < -0.4 is 5.73 Å². The molecule has 0 saturated heterocycles. The van der Waals surface area contributed by atoms with Crippen molar-refractivity contribution in [2.45, 2.75) is 33.2 Å². The minimum atomic E-state index is -0.347. The van der Waals surface area contributed by atoms with Gasteiger partial charge < -0.3 is 5.73 Å². The fourth-order valence-corrected chi connectivity index (χ4v) is 1.70. The van der Waals surface area contributed by atoms with Crippen molar-refractivity contribution in [3.05, 3.63) is 15.9 Å². The van der Waals surface area contributed by atoms with Gasteiger partial charge in [0.2, 0.25) is 5.91 Å². The molecule has 1 unspecified atom stereocenters. The van der Waals surface area contributed by atoms with E-state index in [0.29, 0.717) is 6.42 Å². The van der Waals surface area contributed by atoms with E-state index < -0.39 is 0 Å². The van der Waals surface area contributed by atoms with E-state index in [9.17, 15) is 4.79 Å². The molecule has 0 fully saturated rings. The Morgan fingerprint density at radius 3 is 2.50 bits per heavy atom. The second-order valence-corrected chi connectivity index (χ2v) is 4.05. The van der Waals surface area contributed by atoms with E-state index in [2.05, 4.69) is 21.0 Å². The minimum Gasteiger partial charge on any atom is -0.368 e. The number of carbonyl (C=O) groups is 1. The fraction of sp³-hybridized carbons (Fsp3) is 0.556. The zero-order valence-corrected chi connectivity index (χ0v) is 10.1. The number of rotatable bonds is 3. The topological polar surface area (TPSA) is 60.9 Å². The van der Waals surface area contributed by atoms with E-state index >= 15 is 0 Å². The summed E-state index contributed by atoms with van der Waals surface area (Å²) in [7, 11) is 0. The van der Waals surface area contributed by atoms with Crippen LogP contribution in [0.2, 0.25) is 0 Å². The number of nitrogens with zero attached hydrogens (tertiary/aromatic N) is 2. The monoisotopic (exact) mass is 259 g/mol. The predicted octanol–water partition coefficient (Wildman–Crippen LogP) is 1.70. The van der Waals surface area contributed by atoms with Crippen molar-refractivity contribution in [3.8, 4) is 0 Å². The molecule has 0 aliphatic rings. The van der Waals surface area contributed by atoms with Crippen molar-refractivity contribution < 1.29 is 4.79 Å². The molecule has 1 aromatic rings. The Labute approximate surface area is 91.6 Å². The van der Waals surface area contributed by atoms with Crippen LogP contribution in [0, 0.1) is 13.8 Å². The third-order valence-corrected chi connectivity index (χ3v) is 3.39. The molecule has 0 radical (unpaired) electrons. The quantitative estimate of drug-likeness (QED) is 0.899. The van der Waals surface area contributed by atoms with Gasteiger partial charge >= 0.3 is 0 Å². The number of amides is 1. The first-order valence-electron chi connectivity index (χ1n) is 4.49. The highest BCUT2D eigenvalue weighted by Gasteiger charge is 2.20. The highest BCUT2D eigenvalue weighted by molar-refractivity contribution is 9.10. The summed E-state index contributed by atoms with van der Waals surface area (Å²) in [6.07, 6.45) is 0.656. The second-order valence-electron chi connectivity index (χ2n) is 3.26. The summed E-state index contributed by atoms with van der Waals surface area (Å²) in [6, 6.07) is -0.347. The van der Waals surface area contributed by atoms with Crippen molar-refractivity contribution in [2.75, 3.05) is 0 Å². The van der Waals surface area contributed by atoms with Gasteiger partial charge in [-0.25, -0.2) is 0 Å². The Kier molecular flexibility index (Phi) is 3.31. The van der Waals surface area contributed by atoms with Crippen molar-refractivity contribution in [1.82, 2.24) is 9.78 Å². The Hall–Kier alpha value is -0.840. The summed E-state index contributed by atoms with van der Waals surface area (Å²) >= 11 is 3.41. The molecule has 0 bridgehead atoms. The average molecular weight is 260 g/mol. The summed E-state index contributed by atoms with van der Waals surface area (Å²) < 4.78 is 2.62. The SMILES string of the molecule is CCC(C(N)=O)n1nc(C)c(Br)c1C. The van der Waals surface area contributed by atoms with Crippen LogP contribution in [0.1, 0.15) is 30.8 Å². The third kappa shape index (κ3) is 1.82. The number of carbonyl (C=O) groups excluding carboxylic acids is 1. The number of primary amides is 1. The summed E-state index contributed by atoms with van der Waals surface area (Å²) in [5.74, 6) is -0.342. The Morgan fingerprint density at radius 1 is 1.64 bits per heavy atom. The van der Waals surface area contributed by atoms with Crippen LogP contribution in [-0.4, -0.2) is 15.7 Å². The molecule has 2 N–H and O–H groups in total. The van der Waals surface area contributed by atoms with E-state index in [1.54, 1.807) is 4.68 Å². The molecular weight excluding hydrogens is 246 g/mol. The Balaban J connectivity index is 3.17. The summed E-state index contributed by atoms with van der Waals surface area (Å²) in [6.45, 7) is 5.72. The minimum absolute atomic E-state index is 0.342. The lowest BCUT2D eigenvalue weighted by Gasteiger charge is -2.13. The lowest BCUT2D eigenvalue weighted by atomic mass is 10.2. The molecule has 1 heterocycles. The number of aryl methyl sites for hydroxylation is 1. The van der Waals surface area contributed by atoms with Crippen molar-refractivity contribution >= 4 is 21.8 Å². The first kappa shape index (κ1) is 11.2. The van der Waals surface area contributed by atoms with Gasteiger partial charge in [0.1, 0.15) is 6.04 Å². The van der Waals surface area contributed by atoms with Gasteiger partial charge in [-0.05, 0) is 36.2 Å². The molecule has 78 valence electrons. The van der Waals surface area contributed by atoms with E-state index in [1.165, 1.54) is 0 Å². The standard InChI is InChI=1S/C9H14BrN3O/c1-4-7(9(11)14)13-6(3)8(10)5(2)12-13/h7H,4H2,1-3H3,(H2,11,14). The van der Waals surface area contributed by atoms with Crippen LogP contribution in [0.5, 0.6) is 0 Å². The largest absolute Gasteiger partial charge is 0.368 e. The van der Waals surface area contributed by atoms with Gasteiger partial charge in [0, 0.05) is 0 Å². The predicted molar refractivity (Wildman–Crippen MR) is 57.9 cm³/mol. The first-order valence-corrected chi connectivity index (χ1v) is 5.28. The number of halogens is 1. The van der Waals surface area contributed by atoms with Crippen molar-refractivity contribution in [2.24, 2.45) is 5.73 Å². The summed E-state index contributed by atoms with van der Waals surface area (Å²) in [5, 5.41) is 4.27. The number of aromatic nitrogens is 2. The van der Waals surface area contributed by atoms with Gasteiger partial charge in [0.25, 0.3) is 0 Å². The molecule has 0 saturated carbocycles. The Morgan fingerprint density at radius 2 is 2.21 bits per heavy atom. The van der Waals surface area contributed by atoms with Crippen LogP contribution in [0.3, 0.4) is 0 Å². The van der Waals surface area contributed by atoms with E-state index in [0.717, 1.165) is 15.9 Å². The maximum absolute atomic E-state index is 11.1. The summed E-state index contributed by atoms with van der Waals surface area (Å²) in [5.41, 5.74) is 7.11. The molecule has 0 aliphatic heterocycles. The first-order chi connectivity index (χ1) is 6.49. The molecule has 0 spiro atoms. The van der Waals surface area contributed by atoms with Gasteiger partial charge in [-0.1, -0.05) is 6.92 Å². The molecule has 14 heavy (non-hydrogen) atoms. The lowest BCUT2D eigenvalue weighted by molar-refractivity contribution is -0.121. The van der Waals surface area contributed by atoms with Crippen LogP contribution in [-0.2, 0) is 4.79 Å². The molecular formula is C9H14BrN3O. The van der Waals surface area contributed by atoms with E-state index in [-0.39, 0.29) is 11.9 Å². The molecule has 1 atom stereocenters. The maximum atomic E-state index is 11.1. The van der Waals surface area contributed by atoms with Crippen molar-refractivity contribution in [1.29, 1.82) is 0 Å². The molecule has 5 heteroatoms. The highest BCUT2D eigenvalue weighted by Crippen LogP contribution is 2.23. The van der Waals surface area contributed by atoms with Gasteiger partial charge in [-0.3, -0.25) is 9.48 Å². The van der Waals surface area contributed by atoms with Crippen molar-refractivity contribution in [3.63, 3.8) is 0 Å². The smallest absolute Gasteiger partial charge is 0.242 e. The van der Waals surface area contributed by atoms with Gasteiger partial charge in [0.05, 0.1) is 15.9 Å². The lowest BCUT2D eigenvalue weighted by Crippen LogP contribution is -2.27. The van der Waals surface area contributed by atoms with Crippen LogP contribution >= 0.6 is 15.9 Å². The molecule has 0 aromatic carbocycles. The van der Waals surface area contributed by atoms with Crippen LogP contribution in [0.25, 0.3) is 0 Å². The van der Waals surface area contributed by atoms with E-state index in [1.807, 2.05) is 20.8 Å². The maximum Gasteiger partial charge on any atom is 0.242 e.